The summed E-state index contributed by atoms with van der Waals surface area (Å²) < 4.78 is 4.92. The first-order valence-electron chi connectivity index (χ1n) is 3.28. The third-order valence-corrected chi connectivity index (χ3v) is 2.63. The summed E-state index contributed by atoms with van der Waals surface area (Å²) in [5, 5.41) is 1.53. The molecule has 0 heterocycles. The number of ether oxygens (including phenoxy) is 1. The fourth-order valence-electron chi connectivity index (χ4n) is 0.846. The maximum absolute atomic E-state index is 5.88. The largest absolute Gasteiger partial charge is 0.380 e. The highest BCUT2D eigenvalue weighted by atomic mass is 35.5. The molecule has 0 unspecified atom stereocenters. The van der Waals surface area contributed by atoms with Crippen molar-refractivity contribution in [1.29, 1.82) is 0 Å². The molecular formula is C8H7Cl3O. The van der Waals surface area contributed by atoms with Gasteiger partial charge in [-0.25, -0.2) is 0 Å². The molecule has 0 aliphatic rings. The molecule has 1 nitrogen and oxygen atoms in total. The topological polar surface area (TPSA) is 9.23 Å². The van der Waals surface area contributed by atoms with E-state index in [0.29, 0.717) is 21.7 Å². The van der Waals surface area contributed by atoms with E-state index >= 15 is 0 Å². The van der Waals surface area contributed by atoms with Crippen LogP contribution in [0.25, 0.3) is 0 Å². The Bertz CT molecular complexity index is 286. The number of hydrogen-bond donors (Lipinski definition) is 0. The zero-order chi connectivity index (χ0) is 9.14. The van der Waals surface area contributed by atoms with Crippen molar-refractivity contribution in [3.63, 3.8) is 0 Å². The van der Waals surface area contributed by atoms with Gasteiger partial charge in [0.25, 0.3) is 0 Å². The third kappa shape index (κ3) is 2.05. The lowest BCUT2D eigenvalue weighted by Gasteiger charge is -2.06. The van der Waals surface area contributed by atoms with Gasteiger partial charge >= 0.3 is 0 Å². The average Bonchev–Trinajstić information content (AvgIpc) is 2.06. The monoisotopic (exact) mass is 224 g/mol. The Hall–Kier alpha value is 0.0500. The van der Waals surface area contributed by atoms with Crippen LogP contribution in [-0.2, 0) is 11.3 Å². The van der Waals surface area contributed by atoms with Gasteiger partial charge in [0.15, 0.2) is 0 Å². The molecule has 0 radical (unpaired) electrons. The molecule has 12 heavy (non-hydrogen) atoms. The van der Waals surface area contributed by atoms with Gasteiger partial charge in [0.05, 0.1) is 16.7 Å². The van der Waals surface area contributed by atoms with Crippen LogP contribution in [0.4, 0.5) is 0 Å². The maximum Gasteiger partial charge on any atom is 0.0742 e. The van der Waals surface area contributed by atoms with Gasteiger partial charge in [-0.15, -0.1) is 0 Å². The Labute approximate surface area is 86.2 Å². The molecule has 0 aliphatic heterocycles. The highest BCUT2D eigenvalue weighted by Gasteiger charge is 2.08. The normalized spacial score (nSPS) is 10.3. The van der Waals surface area contributed by atoms with E-state index in [0.717, 1.165) is 5.56 Å². The van der Waals surface area contributed by atoms with Gasteiger partial charge in [0.1, 0.15) is 0 Å². The minimum Gasteiger partial charge on any atom is -0.380 e. The average molecular weight is 226 g/mol. The van der Waals surface area contributed by atoms with E-state index in [2.05, 4.69) is 0 Å². The fourth-order valence-corrected chi connectivity index (χ4v) is 1.50. The molecule has 0 fully saturated rings. The number of benzene rings is 1. The molecule has 0 amide bonds. The first-order valence-corrected chi connectivity index (χ1v) is 4.41. The summed E-state index contributed by atoms with van der Waals surface area (Å²) in [6.45, 7) is 0.373. The molecule has 0 saturated heterocycles. The minimum absolute atomic E-state index is 0.373. The van der Waals surface area contributed by atoms with Crippen LogP contribution in [0, 0.1) is 0 Å². The Morgan fingerprint density at radius 1 is 1.17 bits per heavy atom. The maximum atomic E-state index is 5.88. The number of rotatable bonds is 2. The number of hydrogen-bond acceptors (Lipinski definition) is 1. The van der Waals surface area contributed by atoms with Crippen LogP contribution < -0.4 is 0 Å². The first kappa shape index (κ1) is 10.1. The van der Waals surface area contributed by atoms with Crippen LogP contribution >= 0.6 is 34.8 Å². The van der Waals surface area contributed by atoms with Crippen LogP contribution in [-0.4, -0.2) is 7.11 Å². The molecule has 0 bridgehead atoms. The second-order valence-electron chi connectivity index (χ2n) is 2.25. The Balaban J connectivity index is 3.14. The molecule has 0 aromatic heterocycles. The second kappa shape index (κ2) is 4.33. The van der Waals surface area contributed by atoms with E-state index in [1.807, 2.05) is 0 Å². The van der Waals surface area contributed by atoms with Crippen molar-refractivity contribution >= 4 is 34.8 Å². The van der Waals surface area contributed by atoms with Gasteiger partial charge in [-0.3, -0.25) is 0 Å². The van der Waals surface area contributed by atoms with E-state index in [9.17, 15) is 0 Å². The lowest BCUT2D eigenvalue weighted by atomic mass is 10.2. The van der Waals surface area contributed by atoms with Gasteiger partial charge in [-0.05, 0) is 12.1 Å². The van der Waals surface area contributed by atoms with Crippen molar-refractivity contribution in [2.75, 3.05) is 7.11 Å². The fraction of sp³-hybridized carbons (Fsp3) is 0.250. The zero-order valence-electron chi connectivity index (χ0n) is 6.40. The molecule has 1 rings (SSSR count). The SMILES string of the molecule is COCc1c(Cl)ccc(Cl)c1Cl. The van der Waals surface area contributed by atoms with Crippen molar-refractivity contribution in [2.24, 2.45) is 0 Å². The van der Waals surface area contributed by atoms with E-state index in [1.165, 1.54) is 0 Å². The summed E-state index contributed by atoms with van der Waals surface area (Å²) in [4.78, 5) is 0. The van der Waals surface area contributed by atoms with E-state index < -0.39 is 0 Å². The van der Waals surface area contributed by atoms with Gasteiger partial charge in [-0.2, -0.15) is 0 Å². The van der Waals surface area contributed by atoms with Crippen LogP contribution in [0.15, 0.2) is 12.1 Å². The molecule has 0 N–H and O–H groups in total. The summed E-state index contributed by atoms with van der Waals surface area (Å²) >= 11 is 17.5. The van der Waals surface area contributed by atoms with E-state index in [1.54, 1.807) is 19.2 Å². The molecule has 0 aliphatic carbocycles. The summed E-state index contributed by atoms with van der Waals surface area (Å²) in [7, 11) is 1.58. The second-order valence-corrected chi connectivity index (χ2v) is 3.45. The van der Waals surface area contributed by atoms with Gasteiger partial charge in [0.2, 0.25) is 0 Å². The van der Waals surface area contributed by atoms with Gasteiger partial charge in [0, 0.05) is 17.7 Å². The van der Waals surface area contributed by atoms with Gasteiger partial charge < -0.3 is 4.74 Å². The Morgan fingerprint density at radius 3 is 2.33 bits per heavy atom. The van der Waals surface area contributed by atoms with Crippen LogP contribution in [0.2, 0.25) is 15.1 Å². The van der Waals surface area contributed by atoms with E-state index in [4.69, 9.17) is 39.5 Å². The van der Waals surface area contributed by atoms with Crippen LogP contribution in [0.5, 0.6) is 0 Å². The predicted molar refractivity (Wildman–Crippen MR) is 52.2 cm³/mol. The standard InChI is InChI=1S/C8H7Cl3O/c1-12-4-5-6(9)2-3-7(10)8(5)11/h2-3H,4H2,1H3. The van der Waals surface area contributed by atoms with Crippen molar-refractivity contribution in [3.05, 3.63) is 32.8 Å². The molecule has 4 heteroatoms. The number of methoxy groups -OCH3 is 1. The lowest BCUT2D eigenvalue weighted by Crippen LogP contribution is -1.90. The zero-order valence-corrected chi connectivity index (χ0v) is 8.67. The quantitative estimate of drug-likeness (QED) is 0.696. The van der Waals surface area contributed by atoms with Crippen molar-refractivity contribution in [2.45, 2.75) is 6.61 Å². The lowest BCUT2D eigenvalue weighted by molar-refractivity contribution is 0.185. The molecule has 1 aromatic carbocycles. The number of halogens is 3. The third-order valence-electron chi connectivity index (χ3n) is 1.43. The van der Waals surface area contributed by atoms with Gasteiger partial charge in [-0.1, -0.05) is 34.8 Å². The first-order chi connectivity index (χ1) is 5.66. The van der Waals surface area contributed by atoms with Crippen LogP contribution in [0.3, 0.4) is 0 Å². The Morgan fingerprint density at radius 2 is 1.75 bits per heavy atom. The van der Waals surface area contributed by atoms with Crippen molar-refractivity contribution in [3.8, 4) is 0 Å². The molecular weight excluding hydrogens is 218 g/mol. The molecule has 0 saturated carbocycles. The molecule has 66 valence electrons. The highest BCUT2D eigenvalue weighted by molar-refractivity contribution is 6.44. The molecule has 1 aromatic rings. The van der Waals surface area contributed by atoms with Crippen molar-refractivity contribution < 1.29 is 4.74 Å². The summed E-state index contributed by atoms with van der Waals surface area (Å²) in [5.74, 6) is 0. The highest BCUT2D eigenvalue weighted by Crippen LogP contribution is 2.31. The summed E-state index contributed by atoms with van der Waals surface area (Å²) in [5.41, 5.74) is 0.730. The molecule has 0 spiro atoms. The van der Waals surface area contributed by atoms with Crippen molar-refractivity contribution in [1.82, 2.24) is 0 Å². The summed E-state index contributed by atoms with van der Waals surface area (Å²) in [6.07, 6.45) is 0. The molecule has 0 atom stereocenters. The van der Waals surface area contributed by atoms with E-state index in [-0.39, 0.29) is 0 Å². The predicted octanol–water partition coefficient (Wildman–Crippen LogP) is 3.79. The smallest absolute Gasteiger partial charge is 0.0742 e. The minimum atomic E-state index is 0.373. The van der Waals surface area contributed by atoms with Crippen LogP contribution in [0.1, 0.15) is 5.56 Å². The summed E-state index contributed by atoms with van der Waals surface area (Å²) in [6, 6.07) is 3.36. The Kier molecular flexibility index (Phi) is 3.66.